The summed E-state index contributed by atoms with van der Waals surface area (Å²) in [6.45, 7) is 5.57. The fourth-order valence-electron chi connectivity index (χ4n) is 3.56. The van der Waals surface area contributed by atoms with Gasteiger partial charge in [-0.1, -0.05) is 30.3 Å². The van der Waals surface area contributed by atoms with Gasteiger partial charge in [-0.05, 0) is 17.9 Å². The van der Waals surface area contributed by atoms with Gasteiger partial charge in [0.2, 0.25) is 0 Å². The highest BCUT2D eigenvalue weighted by atomic mass is 32.2. The Morgan fingerprint density at radius 1 is 1.20 bits per heavy atom. The third-order valence-corrected chi connectivity index (χ3v) is 6.85. The zero-order valence-electron chi connectivity index (χ0n) is 14.9. The number of aliphatic imine (C=N–C) groups is 1. The van der Waals surface area contributed by atoms with Crippen molar-refractivity contribution in [3.8, 4) is 0 Å². The number of hydrogen-bond acceptors (Lipinski definition) is 4. The number of rotatable bonds is 4. The predicted molar refractivity (Wildman–Crippen MR) is 101 cm³/mol. The number of piperazine rings is 1. The first-order valence-corrected chi connectivity index (χ1v) is 10.8. The van der Waals surface area contributed by atoms with Crippen LogP contribution in [0.2, 0.25) is 0 Å². The number of nitrogens with zero attached hydrogens (tertiary/aromatic N) is 3. The van der Waals surface area contributed by atoms with Gasteiger partial charge in [-0.25, -0.2) is 8.42 Å². The lowest BCUT2D eigenvalue weighted by Gasteiger charge is -2.36. The highest BCUT2D eigenvalue weighted by Crippen LogP contribution is 2.17. The summed E-state index contributed by atoms with van der Waals surface area (Å²) in [5.74, 6) is 1.74. The summed E-state index contributed by atoms with van der Waals surface area (Å²) in [6, 6.07) is 10.6. The molecule has 0 spiro atoms. The molecule has 0 saturated carbocycles. The molecule has 1 N–H and O–H groups in total. The van der Waals surface area contributed by atoms with Crippen molar-refractivity contribution >= 4 is 15.8 Å². The lowest BCUT2D eigenvalue weighted by atomic mass is 10.1. The first-order chi connectivity index (χ1) is 12.1. The average Bonchev–Trinajstić information content (AvgIpc) is 2.97. The van der Waals surface area contributed by atoms with Gasteiger partial charge in [0.25, 0.3) is 0 Å². The molecule has 0 aliphatic carbocycles. The summed E-state index contributed by atoms with van der Waals surface area (Å²) in [5.41, 5.74) is 1.35. The van der Waals surface area contributed by atoms with E-state index in [1.807, 2.05) is 6.07 Å². The molecule has 0 amide bonds. The molecule has 2 fully saturated rings. The van der Waals surface area contributed by atoms with Crippen molar-refractivity contribution in [1.82, 2.24) is 15.1 Å². The van der Waals surface area contributed by atoms with Crippen molar-refractivity contribution in [2.24, 2.45) is 10.9 Å². The largest absolute Gasteiger partial charge is 0.356 e. The molecule has 0 bridgehead atoms. The average molecular weight is 365 g/mol. The van der Waals surface area contributed by atoms with Crippen LogP contribution in [0.4, 0.5) is 0 Å². The molecule has 0 aromatic heterocycles. The third-order valence-electron chi connectivity index (χ3n) is 5.01. The maximum Gasteiger partial charge on any atom is 0.193 e. The van der Waals surface area contributed by atoms with Gasteiger partial charge in [0.05, 0.1) is 11.5 Å². The quantitative estimate of drug-likeness (QED) is 0.633. The molecule has 2 heterocycles. The maximum absolute atomic E-state index is 11.6. The van der Waals surface area contributed by atoms with Crippen LogP contribution >= 0.6 is 0 Å². The van der Waals surface area contributed by atoms with E-state index in [0.717, 1.165) is 45.1 Å². The predicted octanol–water partition coefficient (Wildman–Crippen LogP) is 0.814. The van der Waals surface area contributed by atoms with Crippen LogP contribution in [0.5, 0.6) is 0 Å². The topological polar surface area (TPSA) is 65.0 Å². The number of hydrogen-bond donors (Lipinski definition) is 1. The minimum Gasteiger partial charge on any atom is -0.356 e. The number of sulfone groups is 1. The smallest absolute Gasteiger partial charge is 0.193 e. The zero-order chi connectivity index (χ0) is 17.7. The summed E-state index contributed by atoms with van der Waals surface area (Å²) in [6.07, 6.45) is 0.761. The molecule has 0 radical (unpaired) electrons. The molecule has 7 heteroatoms. The fraction of sp³-hybridized carbons (Fsp3) is 0.611. The van der Waals surface area contributed by atoms with Crippen molar-refractivity contribution in [2.45, 2.75) is 13.0 Å². The molecule has 1 atom stereocenters. The third kappa shape index (κ3) is 5.19. The normalized spacial score (nSPS) is 24.4. The van der Waals surface area contributed by atoms with Crippen LogP contribution in [0.15, 0.2) is 35.3 Å². The fourth-order valence-corrected chi connectivity index (χ4v) is 5.42. The van der Waals surface area contributed by atoms with Gasteiger partial charge in [-0.2, -0.15) is 0 Å². The molecule has 25 heavy (non-hydrogen) atoms. The lowest BCUT2D eigenvalue weighted by Crippen LogP contribution is -2.52. The Morgan fingerprint density at radius 3 is 2.52 bits per heavy atom. The van der Waals surface area contributed by atoms with E-state index >= 15 is 0 Å². The van der Waals surface area contributed by atoms with Crippen molar-refractivity contribution in [2.75, 3.05) is 51.3 Å². The molecule has 1 aromatic carbocycles. The Balaban J connectivity index is 1.44. The standard InChI is InChI=1S/C18H28N4O2S/c1-19-18(20-13-17-7-12-25(23,24)15-17)22-10-8-21(9-11-22)14-16-5-3-2-4-6-16/h2-6,17H,7-15H2,1H3,(H,19,20). The Morgan fingerprint density at radius 2 is 1.92 bits per heavy atom. The maximum atomic E-state index is 11.6. The second kappa shape index (κ2) is 8.19. The molecule has 2 saturated heterocycles. The number of guanidine groups is 1. The highest BCUT2D eigenvalue weighted by molar-refractivity contribution is 7.91. The second-order valence-electron chi connectivity index (χ2n) is 6.95. The van der Waals surface area contributed by atoms with E-state index < -0.39 is 9.84 Å². The van der Waals surface area contributed by atoms with E-state index in [9.17, 15) is 8.42 Å². The van der Waals surface area contributed by atoms with Crippen LogP contribution in [-0.4, -0.2) is 75.5 Å². The van der Waals surface area contributed by atoms with Crippen LogP contribution < -0.4 is 5.32 Å². The monoisotopic (exact) mass is 364 g/mol. The van der Waals surface area contributed by atoms with Crippen LogP contribution in [0, 0.1) is 5.92 Å². The molecular weight excluding hydrogens is 336 g/mol. The van der Waals surface area contributed by atoms with Crippen molar-refractivity contribution in [3.63, 3.8) is 0 Å². The van der Waals surface area contributed by atoms with Crippen LogP contribution in [0.3, 0.4) is 0 Å². The highest BCUT2D eigenvalue weighted by Gasteiger charge is 2.28. The number of benzene rings is 1. The SMILES string of the molecule is CN=C(NCC1CCS(=O)(=O)C1)N1CCN(Cc2ccccc2)CC1. The summed E-state index contributed by atoms with van der Waals surface area (Å²) < 4.78 is 23.1. The van der Waals surface area contributed by atoms with Gasteiger partial charge in [-0.3, -0.25) is 9.89 Å². The zero-order valence-corrected chi connectivity index (χ0v) is 15.7. The second-order valence-corrected chi connectivity index (χ2v) is 9.17. The Kier molecular flexibility index (Phi) is 5.96. The Labute approximate surface area is 150 Å². The van der Waals surface area contributed by atoms with Crippen molar-refractivity contribution in [1.29, 1.82) is 0 Å². The van der Waals surface area contributed by atoms with E-state index in [-0.39, 0.29) is 5.92 Å². The molecule has 2 aliphatic rings. The molecule has 2 aliphatic heterocycles. The summed E-state index contributed by atoms with van der Waals surface area (Å²) in [4.78, 5) is 9.11. The first kappa shape index (κ1) is 18.2. The summed E-state index contributed by atoms with van der Waals surface area (Å²) in [7, 11) is -1.02. The van der Waals surface area contributed by atoms with Gasteiger partial charge in [-0.15, -0.1) is 0 Å². The molecule has 6 nitrogen and oxygen atoms in total. The van der Waals surface area contributed by atoms with E-state index in [1.54, 1.807) is 7.05 Å². The molecule has 1 aromatic rings. The van der Waals surface area contributed by atoms with Crippen LogP contribution in [0.25, 0.3) is 0 Å². The summed E-state index contributed by atoms with van der Waals surface area (Å²) >= 11 is 0. The van der Waals surface area contributed by atoms with E-state index in [0.29, 0.717) is 18.1 Å². The van der Waals surface area contributed by atoms with E-state index in [4.69, 9.17) is 0 Å². The van der Waals surface area contributed by atoms with Gasteiger partial charge >= 0.3 is 0 Å². The van der Waals surface area contributed by atoms with Crippen LogP contribution in [0.1, 0.15) is 12.0 Å². The first-order valence-electron chi connectivity index (χ1n) is 8.98. The number of nitrogens with one attached hydrogen (secondary N) is 1. The molecular formula is C18H28N4O2S. The van der Waals surface area contributed by atoms with Gasteiger partial charge in [0.1, 0.15) is 0 Å². The molecule has 138 valence electrons. The minimum absolute atomic E-state index is 0.209. The Bertz CT molecular complexity index is 682. The van der Waals surface area contributed by atoms with Gasteiger partial charge < -0.3 is 10.2 Å². The van der Waals surface area contributed by atoms with E-state index in [2.05, 4.69) is 44.4 Å². The van der Waals surface area contributed by atoms with Crippen molar-refractivity contribution in [3.05, 3.63) is 35.9 Å². The van der Waals surface area contributed by atoms with Gasteiger partial charge in [0, 0.05) is 46.3 Å². The minimum atomic E-state index is -2.81. The lowest BCUT2D eigenvalue weighted by molar-refractivity contribution is 0.172. The molecule has 1 unspecified atom stereocenters. The summed E-state index contributed by atoms with van der Waals surface area (Å²) in [5, 5.41) is 3.38. The van der Waals surface area contributed by atoms with Gasteiger partial charge in [0.15, 0.2) is 15.8 Å². The van der Waals surface area contributed by atoms with Crippen molar-refractivity contribution < 1.29 is 8.42 Å². The molecule has 3 rings (SSSR count). The van der Waals surface area contributed by atoms with E-state index in [1.165, 1.54) is 5.56 Å². The van der Waals surface area contributed by atoms with Crippen LogP contribution in [-0.2, 0) is 16.4 Å². The Hall–Kier alpha value is -1.60.